The summed E-state index contributed by atoms with van der Waals surface area (Å²) < 4.78 is 44.3. The van der Waals surface area contributed by atoms with E-state index >= 15 is 0 Å². The van der Waals surface area contributed by atoms with Crippen molar-refractivity contribution in [3.63, 3.8) is 0 Å². The molecule has 0 amide bonds. The van der Waals surface area contributed by atoms with Gasteiger partial charge in [-0.1, -0.05) is 20.8 Å². The molecule has 2 N–H and O–H groups in total. The van der Waals surface area contributed by atoms with Gasteiger partial charge >= 0.3 is 17.9 Å². The molecule has 0 unspecified atom stereocenters. The number of hydrogen-bond donors (Lipinski definition) is 2. The summed E-state index contributed by atoms with van der Waals surface area (Å²) in [7, 11) is -4.12. The van der Waals surface area contributed by atoms with Crippen LogP contribution in [0.25, 0.3) is 5.52 Å². The molecule has 0 aromatic carbocycles. The SMILES string of the molecule is Cc1ncnn2c([C@]3(C#N)O[C@H](CO[P@@](=O)(C[C@H](C)C(=O)OC(C)C)N[C@H](C)C(=O)OC(C)C)[C@@H](OC(=O)C(C)C)[C@@]3(C)O)ccc12. The lowest BCUT2D eigenvalue weighted by molar-refractivity contribution is -0.168. The Morgan fingerprint density at radius 1 is 1.09 bits per heavy atom. The summed E-state index contributed by atoms with van der Waals surface area (Å²) in [5, 5.41) is 29.6. The second-order valence-corrected chi connectivity index (χ2v) is 15.1. The monoisotopic (exact) mass is 679 g/mol. The minimum Gasteiger partial charge on any atom is -0.463 e. The van der Waals surface area contributed by atoms with Crippen LogP contribution < -0.4 is 5.09 Å². The van der Waals surface area contributed by atoms with Gasteiger partial charge in [0.05, 0.1) is 53.7 Å². The van der Waals surface area contributed by atoms with E-state index in [9.17, 15) is 29.3 Å². The molecule has 1 aliphatic rings. The number of aryl methyl sites for hydroxylation is 1. The van der Waals surface area contributed by atoms with Crippen LogP contribution in [0.4, 0.5) is 0 Å². The van der Waals surface area contributed by atoms with Crippen molar-refractivity contribution in [3.8, 4) is 6.07 Å². The number of nitrogens with zero attached hydrogens (tertiary/aromatic N) is 4. The molecule has 0 bridgehead atoms. The van der Waals surface area contributed by atoms with E-state index in [1.54, 1.807) is 60.6 Å². The normalized spacial score (nSPS) is 25.4. The summed E-state index contributed by atoms with van der Waals surface area (Å²) in [5.74, 6) is -3.56. The first-order valence-corrected chi connectivity index (χ1v) is 17.3. The number of carbonyl (C=O) groups is 3. The van der Waals surface area contributed by atoms with Crippen LogP contribution in [0.5, 0.6) is 0 Å². The van der Waals surface area contributed by atoms with E-state index in [0.717, 1.165) is 0 Å². The Labute approximate surface area is 274 Å². The molecule has 2 aromatic rings. The van der Waals surface area contributed by atoms with Crippen molar-refractivity contribution in [3.05, 3.63) is 29.8 Å². The number of aliphatic hydroxyl groups is 1. The average molecular weight is 680 g/mol. The lowest BCUT2D eigenvalue weighted by atomic mass is 9.80. The maximum absolute atomic E-state index is 14.4. The van der Waals surface area contributed by atoms with E-state index in [4.69, 9.17) is 23.5 Å². The fraction of sp³-hybridized carbons (Fsp3) is 0.677. The molecule has 47 heavy (non-hydrogen) atoms. The molecule has 3 heterocycles. The first kappa shape index (κ1) is 38.0. The summed E-state index contributed by atoms with van der Waals surface area (Å²) in [6, 6.07) is 4.16. The van der Waals surface area contributed by atoms with Gasteiger partial charge in [0.25, 0.3) is 7.52 Å². The van der Waals surface area contributed by atoms with Crippen molar-refractivity contribution >= 4 is 30.9 Å². The maximum atomic E-state index is 14.4. The Bertz CT molecular complexity index is 1520. The van der Waals surface area contributed by atoms with E-state index in [2.05, 4.69) is 21.2 Å². The van der Waals surface area contributed by atoms with Gasteiger partial charge in [0.1, 0.15) is 30.1 Å². The van der Waals surface area contributed by atoms with Crippen molar-refractivity contribution < 1.29 is 47.5 Å². The molecule has 3 rings (SSSR count). The van der Waals surface area contributed by atoms with Gasteiger partial charge in [0.2, 0.25) is 5.60 Å². The van der Waals surface area contributed by atoms with Crippen LogP contribution in [-0.2, 0) is 48.0 Å². The number of rotatable bonds is 14. The van der Waals surface area contributed by atoms with Crippen molar-refractivity contribution in [1.29, 1.82) is 5.26 Å². The van der Waals surface area contributed by atoms with Crippen LogP contribution in [0, 0.1) is 30.1 Å². The molecular formula is C31H46N5O10P. The third-order valence-corrected chi connectivity index (χ3v) is 10.00. The van der Waals surface area contributed by atoms with Crippen molar-refractivity contribution in [2.75, 3.05) is 12.8 Å². The van der Waals surface area contributed by atoms with Gasteiger partial charge in [-0.05, 0) is 60.6 Å². The zero-order valence-electron chi connectivity index (χ0n) is 28.5. The smallest absolute Gasteiger partial charge is 0.323 e. The molecule has 1 fully saturated rings. The fourth-order valence-electron chi connectivity index (χ4n) is 5.19. The van der Waals surface area contributed by atoms with Crippen LogP contribution in [0.2, 0.25) is 0 Å². The van der Waals surface area contributed by atoms with Gasteiger partial charge in [0.15, 0.2) is 6.10 Å². The predicted octanol–water partition coefficient (Wildman–Crippen LogP) is 3.20. The summed E-state index contributed by atoms with van der Waals surface area (Å²) in [6.45, 7) is 15.3. The molecule has 2 aromatic heterocycles. The molecule has 0 saturated carbocycles. The highest BCUT2D eigenvalue weighted by Crippen LogP contribution is 2.51. The van der Waals surface area contributed by atoms with E-state index < -0.39 is 85.5 Å². The first-order valence-electron chi connectivity index (χ1n) is 15.5. The number of ether oxygens (including phenoxy) is 4. The first-order chi connectivity index (χ1) is 21.8. The Balaban J connectivity index is 2.04. The Kier molecular flexibility index (Phi) is 12.0. The number of carbonyl (C=O) groups excluding carboxylic acids is 3. The average Bonchev–Trinajstić information content (AvgIpc) is 3.49. The zero-order valence-corrected chi connectivity index (χ0v) is 29.4. The van der Waals surface area contributed by atoms with Crippen LogP contribution >= 0.6 is 7.52 Å². The number of esters is 3. The van der Waals surface area contributed by atoms with E-state index in [1.165, 1.54) is 31.6 Å². The standard InChI is InChI=1S/C31H46N5O10P/c1-17(2)27(37)45-26-24(46-31(15-32,30(26,10)40)25-12-11-23-21(8)33-16-34-36(23)25)13-42-47(41,14-20(7)28(38)43-18(3)4)35-22(9)29(39)44-19(5)6/h11-12,16-20,22,24,26,40H,13-14H2,1-10H3,(H,35,41)/t20-,22+,24+,26+,30+,31-,47-/m0/s1. The molecule has 260 valence electrons. The van der Waals surface area contributed by atoms with Gasteiger partial charge in [-0.3, -0.25) is 18.9 Å². The van der Waals surface area contributed by atoms with Crippen molar-refractivity contribution in [1.82, 2.24) is 19.7 Å². The summed E-state index contributed by atoms with van der Waals surface area (Å²) >= 11 is 0. The number of nitriles is 1. The molecule has 1 saturated heterocycles. The van der Waals surface area contributed by atoms with Gasteiger partial charge in [-0.15, -0.1) is 0 Å². The highest BCUT2D eigenvalue weighted by atomic mass is 31.2. The van der Waals surface area contributed by atoms with Crippen LogP contribution in [-0.4, -0.2) is 86.4 Å². The number of aromatic nitrogens is 3. The highest BCUT2D eigenvalue weighted by molar-refractivity contribution is 7.57. The summed E-state index contributed by atoms with van der Waals surface area (Å²) in [4.78, 5) is 42.4. The number of nitrogens with one attached hydrogen (secondary N) is 1. The van der Waals surface area contributed by atoms with Crippen LogP contribution in [0.1, 0.15) is 73.7 Å². The topological polar surface area (TPSA) is 201 Å². The minimum atomic E-state index is -4.12. The third-order valence-electron chi connectivity index (χ3n) is 7.62. The second-order valence-electron chi connectivity index (χ2n) is 12.8. The van der Waals surface area contributed by atoms with E-state index in [1.807, 2.05) is 0 Å². The molecule has 1 aliphatic heterocycles. The molecule has 7 atom stereocenters. The lowest BCUT2D eigenvalue weighted by Crippen LogP contribution is -2.54. The maximum Gasteiger partial charge on any atom is 0.323 e. The van der Waals surface area contributed by atoms with Crippen LogP contribution in [0.15, 0.2) is 18.5 Å². The fourth-order valence-corrected chi connectivity index (χ4v) is 7.42. The van der Waals surface area contributed by atoms with Crippen LogP contribution in [0.3, 0.4) is 0 Å². The zero-order chi connectivity index (χ0) is 35.5. The predicted molar refractivity (Wildman–Crippen MR) is 168 cm³/mol. The number of hydrogen-bond acceptors (Lipinski definition) is 13. The quantitative estimate of drug-likeness (QED) is 0.167. The Morgan fingerprint density at radius 3 is 2.28 bits per heavy atom. The minimum absolute atomic E-state index is 0.134. The van der Waals surface area contributed by atoms with Gasteiger partial charge in [0, 0.05) is 0 Å². The molecule has 16 heteroatoms. The molecule has 0 radical (unpaired) electrons. The molecule has 15 nitrogen and oxygen atoms in total. The van der Waals surface area contributed by atoms with E-state index in [0.29, 0.717) is 11.2 Å². The van der Waals surface area contributed by atoms with Gasteiger partial charge in [-0.25, -0.2) is 14.6 Å². The van der Waals surface area contributed by atoms with Gasteiger partial charge < -0.3 is 28.6 Å². The largest absolute Gasteiger partial charge is 0.463 e. The van der Waals surface area contributed by atoms with E-state index in [-0.39, 0.29) is 11.9 Å². The Morgan fingerprint density at radius 2 is 1.70 bits per heavy atom. The summed E-state index contributed by atoms with van der Waals surface area (Å²) in [6.07, 6.45) is -2.83. The second kappa shape index (κ2) is 14.8. The lowest BCUT2D eigenvalue weighted by Gasteiger charge is -2.34. The van der Waals surface area contributed by atoms with Crippen molar-refractivity contribution in [2.45, 2.75) is 111 Å². The van der Waals surface area contributed by atoms with Gasteiger partial charge in [-0.2, -0.15) is 10.4 Å². The van der Waals surface area contributed by atoms with Crippen molar-refractivity contribution in [2.24, 2.45) is 11.8 Å². The summed E-state index contributed by atoms with van der Waals surface area (Å²) in [5.41, 5.74) is -3.06. The third kappa shape index (κ3) is 8.18. The Hall–Kier alpha value is -3.41. The molecular weight excluding hydrogens is 633 g/mol. The highest BCUT2D eigenvalue weighted by Gasteiger charge is 2.67. The molecule has 0 aliphatic carbocycles. The molecule has 0 spiro atoms. The number of fused-ring (bicyclic) bond motifs is 1.